The van der Waals surface area contributed by atoms with Gasteiger partial charge in [-0.05, 0) is 56.2 Å². The quantitative estimate of drug-likeness (QED) is 0.422. The monoisotopic (exact) mass is 552 g/mol. The van der Waals surface area contributed by atoms with Crippen LogP contribution in [0.1, 0.15) is 54.4 Å². The lowest BCUT2D eigenvalue weighted by atomic mass is 9.88. The van der Waals surface area contributed by atoms with Crippen molar-refractivity contribution in [1.29, 1.82) is 0 Å². The summed E-state index contributed by atoms with van der Waals surface area (Å²) in [5.74, 6) is -0.503. The third-order valence-electron chi connectivity index (χ3n) is 7.40. The van der Waals surface area contributed by atoms with Crippen molar-refractivity contribution in [3.05, 3.63) is 64.7 Å². The lowest BCUT2D eigenvalue weighted by Gasteiger charge is -2.38. The number of rotatable bonds is 9. The summed E-state index contributed by atoms with van der Waals surface area (Å²) in [5, 5.41) is 10.9. The van der Waals surface area contributed by atoms with Crippen LogP contribution in [0.5, 0.6) is 5.75 Å². The van der Waals surface area contributed by atoms with Crippen LogP contribution in [0.25, 0.3) is 0 Å². The van der Waals surface area contributed by atoms with E-state index in [1.165, 1.54) is 18.2 Å². The number of aliphatic hydroxyl groups is 1. The summed E-state index contributed by atoms with van der Waals surface area (Å²) < 4.78 is 47.3. The highest BCUT2D eigenvalue weighted by molar-refractivity contribution is 6.34. The first kappa shape index (κ1) is 28.2. The zero-order valence-corrected chi connectivity index (χ0v) is 21.8. The van der Waals surface area contributed by atoms with Crippen molar-refractivity contribution in [3.63, 3.8) is 0 Å². The zero-order valence-electron chi connectivity index (χ0n) is 21.1. The van der Waals surface area contributed by atoms with Crippen molar-refractivity contribution in [2.45, 2.75) is 50.3 Å². The van der Waals surface area contributed by atoms with Gasteiger partial charge in [-0.1, -0.05) is 48.4 Å². The van der Waals surface area contributed by atoms with Crippen LogP contribution in [-0.2, 0) is 10.4 Å². The van der Waals surface area contributed by atoms with Crippen LogP contribution in [0.3, 0.4) is 0 Å². The third kappa shape index (κ3) is 6.10. The standard InChI is InChI=1S/C28H32ClF3N2O4/c29-24-19-22(10-11-23(24)25(35)33-14-6-15-33)38-18-5-4-7-20-12-16-34(17-13-20)26(36)27(37,28(30,31)32)21-8-2-1-3-9-21/h1-3,8-11,19-20,37H,4-7,12-18H2/t27-/m0/s1. The topological polar surface area (TPSA) is 70.1 Å². The lowest BCUT2D eigenvalue weighted by Crippen LogP contribution is -2.57. The molecule has 2 amide bonds. The summed E-state index contributed by atoms with van der Waals surface area (Å²) in [7, 11) is 0. The number of carbonyl (C=O) groups excluding carboxylic acids is 2. The Kier molecular flexibility index (Phi) is 8.88. The van der Waals surface area contributed by atoms with E-state index in [1.54, 1.807) is 23.1 Å². The number of halogens is 4. The Morgan fingerprint density at radius 3 is 2.24 bits per heavy atom. The van der Waals surface area contributed by atoms with E-state index < -0.39 is 23.2 Å². The summed E-state index contributed by atoms with van der Waals surface area (Å²) in [4.78, 5) is 28.1. The highest BCUT2D eigenvalue weighted by atomic mass is 35.5. The molecule has 38 heavy (non-hydrogen) atoms. The Morgan fingerprint density at radius 1 is 0.974 bits per heavy atom. The minimum absolute atomic E-state index is 0.0660. The maximum absolute atomic E-state index is 13.8. The summed E-state index contributed by atoms with van der Waals surface area (Å²) >= 11 is 6.28. The predicted octanol–water partition coefficient (Wildman–Crippen LogP) is 5.42. The first-order chi connectivity index (χ1) is 18.1. The first-order valence-corrected chi connectivity index (χ1v) is 13.3. The van der Waals surface area contributed by atoms with Crippen molar-refractivity contribution in [2.75, 3.05) is 32.8 Å². The van der Waals surface area contributed by atoms with Crippen molar-refractivity contribution < 1.29 is 32.6 Å². The molecule has 2 fully saturated rings. The molecule has 4 rings (SSSR count). The predicted molar refractivity (Wildman–Crippen MR) is 137 cm³/mol. The van der Waals surface area contributed by atoms with Gasteiger partial charge in [0.2, 0.25) is 0 Å². The second kappa shape index (κ2) is 11.9. The number of benzene rings is 2. The number of alkyl halides is 3. The molecule has 2 aromatic rings. The molecule has 0 saturated carbocycles. The van der Waals surface area contributed by atoms with Gasteiger partial charge in [0.15, 0.2) is 0 Å². The molecule has 1 atom stereocenters. The van der Waals surface area contributed by atoms with Gasteiger partial charge in [-0.2, -0.15) is 13.2 Å². The Balaban J connectivity index is 1.20. The van der Waals surface area contributed by atoms with Gasteiger partial charge < -0.3 is 19.6 Å². The molecule has 0 aromatic heterocycles. The highest BCUT2D eigenvalue weighted by Gasteiger charge is 2.62. The number of unbranched alkanes of at least 4 members (excludes halogenated alkanes) is 1. The van der Waals surface area contributed by atoms with Gasteiger partial charge in [-0.25, -0.2) is 0 Å². The first-order valence-electron chi connectivity index (χ1n) is 13.0. The second-order valence-electron chi connectivity index (χ2n) is 9.94. The molecule has 2 aromatic carbocycles. The number of piperidine rings is 1. The Labute approximate surface area is 225 Å². The molecule has 2 aliphatic rings. The molecule has 2 heterocycles. The smallest absolute Gasteiger partial charge is 0.430 e. The van der Waals surface area contributed by atoms with Crippen LogP contribution in [0.15, 0.2) is 48.5 Å². The van der Waals surface area contributed by atoms with Gasteiger partial charge in [0, 0.05) is 31.7 Å². The summed E-state index contributed by atoms with van der Waals surface area (Å²) in [6.07, 6.45) is -0.428. The number of hydrogen-bond acceptors (Lipinski definition) is 4. The largest absolute Gasteiger partial charge is 0.494 e. The summed E-state index contributed by atoms with van der Waals surface area (Å²) in [6, 6.07) is 11.6. The van der Waals surface area contributed by atoms with E-state index in [9.17, 15) is 27.9 Å². The maximum atomic E-state index is 13.8. The molecule has 0 bridgehead atoms. The highest BCUT2D eigenvalue weighted by Crippen LogP contribution is 2.41. The molecule has 6 nitrogen and oxygen atoms in total. The van der Waals surface area contributed by atoms with Crippen LogP contribution < -0.4 is 4.74 Å². The Bertz CT molecular complexity index is 1120. The summed E-state index contributed by atoms with van der Waals surface area (Å²) in [6.45, 7) is 2.33. The van der Waals surface area contributed by atoms with E-state index in [2.05, 4.69) is 0 Å². The van der Waals surface area contributed by atoms with Crippen LogP contribution >= 0.6 is 11.6 Å². The van der Waals surface area contributed by atoms with Gasteiger partial charge in [-0.3, -0.25) is 9.59 Å². The summed E-state index contributed by atoms with van der Waals surface area (Å²) in [5.41, 5.74) is -3.55. The van der Waals surface area contributed by atoms with Gasteiger partial charge in [-0.15, -0.1) is 0 Å². The zero-order chi connectivity index (χ0) is 27.3. The molecule has 1 N–H and O–H groups in total. The van der Waals surface area contributed by atoms with E-state index in [4.69, 9.17) is 16.3 Å². The van der Waals surface area contributed by atoms with E-state index in [-0.39, 0.29) is 24.9 Å². The van der Waals surface area contributed by atoms with E-state index >= 15 is 0 Å². The minimum atomic E-state index is -5.13. The van der Waals surface area contributed by atoms with Crippen molar-refractivity contribution in [2.24, 2.45) is 5.92 Å². The molecule has 0 radical (unpaired) electrons. The number of amides is 2. The van der Waals surface area contributed by atoms with E-state index in [1.807, 2.05) is 0 Å². The Hall–Kier alpha value is -2.78. The SMILES string of the molecule is O=C(c1ccc(OCCCCC2CCN(C(=O)[C@@](O)(c3ccccc3)C(F)(F)F)CC2)cc1Cl)N1CCC1. The fourth-order valence-electron chi connectivity index (χ4n) is 4.92. The maximum Gasteiger partial charge on any atom is 0.430 e. The number of hydrogen-bond donors (Lipinski definition) is 1. The van der Waals surface area contributed by atoms with E-state index in [0.29, 0.717) is 35.8 Å². The molecular weight excluding hydrogens is 521 g/mol. The Morgan fingerprint density at radius 2 is 1.66 bits per heavy atom. The molecule has 2 aliphatic heterocycles. The number of ether oxygens (including phenoxy) is 1. The normalized spacial score (nSPS) is 18.0. The number of carbonyl (C=O) groups is 2. The lowest BCUT2D eigenvalue weighted by molar-refractivity contribution is -0.262. The third-order valence-corrected chi connectivity index (χ3v) is 7.72. The average Bonchev–Trinajstić information content (AvgIpc) is 2.87. The fourth-order valence-corrected chi connectivity index (χ4v) is 5.17. The second-order valence-corrected chi connectivity index (χ2v) is 10.3. The molecule has 0 unspecified atom stereocenters. The number of likely N-dealkylation sites (tertiary alicyclic amines) is 2. The van der Waals surface area contributed by atoms with Crippen molar-refractivity contribution >= 4 is 23.4 Å². The molecule has 10 heteroatoms. The molecule has 0 spiro atoms. The molecular formula is C28H32ClF3N2O4. The van der Waals surface area contributed by atoms with Crippen molar-refractivity contribution in [1.82, 2.24) is 9.80 Å². The van der Waals surface area contributed by atoms with E-state index in [0.717, 1.165) is 55.8 Å². The minimum Gasteiger partial charge on any atom is -0.494 e. The molecule has 2 saturated heterocycles. The molecule has 0 aliphatic carbocycles. The van der Waals surface area contributed by atoms with Crippen molar-refractivity contribution in [3.8, 4) is 5.75 Å². The van der Waals surface area contributed by atoms with Gasteiger partial charge in [0.05, 0.1) is 17.2 Å². The molecule has 206 valence electrons. The fraction of sp³-hybridized carbons (Fsp3) is 0.500. The van der Waals surface area contributed by atoms with Crippen LogP contribution in [-0.4, -0.2) is 65.7 Å². The van der Waals surface area contributed by atoms with Gasteiger partial charge >= 0.3 is 6.18 Å². The number of nitrogens with zero attached hydrogens (tertiary/aromatic N) is 2. The van der Waals surface area contributed by atoms with Gasteiger partial charge in [0.25, 0.3) is 17.4 Å². The van der Waals surface area contributed by atoms with Crippen LogP contribution in [0.2, 0.25) is 5.02 Å². The average molecular weight is 553 g/mol. The van der Waals surface area contributed by atoms with Crippen LogP contribution in [0, 0.1) is 5.92 Å². The van der Waals surface area contributed by atoms with Gasteiger partial charge in [0.1, 0.15) is 5.75 Å². The van der Waals surface area contributed by atoms with Crippen LogP contribution in [0.4, 0.5) is 13.2 Å².